The molecule has 4 radical (unpaired) electrons. The SMILES string of the molecule is CC.CC.[B]c1cc(-c2ccc(/C(C)=C/C=C(C=C)/C(C)=C/C=C(C)C)c(F)c2F)sc1[B]. The van der Waals surface area contributed by atoms with Gasteiger partial charge in [-0.3, -0.25) is 0 Å². The molecule has 0 unspecified atom stereocenters. The Morgan fingerprint density at radius 3 is 1.97 bits per heavy atom. The van der Waals surface area contributed by atoms with E-state index in [1.165, 1.54) is 5.57 Å². The van der Waals surface area contributed by atoms with Crippen LogP contribution in [0.15, 0.2) is 71.9 Å². The highest BCUT2D eigenvalue weighted by Gasteiger charge is 2.17. The molecular formula is C28H34B2F2S. The topological polar surface area (TPSA) is 0 Å². The molecular weight excluding hydrogens is 428 g/mol. The Labute approximate surface area is 206 Å². The van der Waals surface area contributed by atoms with Gasteiger partial charge in [-0.1, -0.05) is 92.6 Å². The van der Waals surface area contributed by atoms with Crippen LogP contribution in [0.5, 0.6) is 0 Å². The molecule has 0 aliphatic rings. The predicted octanol–water partition coefficient (Wildman–Crippen LogP) is 7.76. The smallest absolute Gasteiger partial charge is 0.168 e. The number of hydrogen-bond donors (Lipinski definition) is 0. The summed E-state index contributed by atoms with van der Waals surface area (Å²) in [4.78, 5) is 0.499. The summed E-state index contributed by atoms with van der Waals surface area (Å²) >= 11 is 1.13. The fourth-order valence-corrected chi connectivity index (χ4v) is 3.52. The van der Waals surface area contributed by atoms with Gasteiger partial charge >= 0.3 is 0 Å². The number of allylic oxidation sites excluding steroid dienone is 9. The molecule has 0 saturated carbocycles. The Kier molecular flexibility index (Phi) is 14.3. The van der Waals surface area contributed by atoms with Crippen molar-refractivity contribution in [2.45, 2.75) is 55.4 Å². The zero-order chi connectivity index (χ0) is 25.7. The summed E-state index contributed by atoms with van der Waals surface area (Å²) in [5.41, 5.74) is 4.44. The first kappa shape index (κ1) is 30.6. The summed E-state index contributed by atoms with van der Waals surface area (Å²) < 4.78 is 29.8. The quantitative estimate of drug-likeness (QED) is 0.304. The minimum atomic E-state index is -0.913. The van der Waals surface area contributed by atoms with Gasteiger partial charge in [0.1, 0.15) is 15.7 Å². The second-order valence-corrected chi connectivity index (χ2v) is 8.07. The second kappa shape index (κ2) is 15.4. The minimum Gasteiger partial charge on any atom is -0.203 e. The van der Waals surface area contributed by atoms with Gasteiger partial charge in [0, 0.05) is 16.0 Å². The molecule has 0 amide bonds. The van der Waals surface area contributed by atoms with Gasteiger partial charge in [0.15, 0.2) is 11.6 Å². The molecule has 5 heteroatoms. The summed E-state index contributed by atoms with van der Waals surface area (Å²) in [7, 11) is 11.5. The highest BCUT2D eigenvalue weighted by molar-refractivity contribution is 7.24. The van der Waals surface area contributed by atoms with Crippen molar-refractivity contribution in [2.75, 3.05) is 0 Å². The van der Waals surface area contributed by atoms with Crippen molar-refractivity contribution < 1.29 is 8.78 Å². The molecule has 0 aliphatic heterocycles. The molecule has 2 aromatic rings. The maximum atomic E-state index is 14.7. The van der Waals surface area contributed by atoms with Crippen molar-refractivity contribution >= 4 is 42.8 Å². The predicted molar refractivity (Wildman–Crippen MR) is 148 cm³/mol. The Bertz CT molecular complexity index is 1030. The van der Waals surface area contributed by atoms with Gasteiger partial charge < -0.3 is 0 Å². The summed E-state index contributed by atoms with van der Waals surface area (Å²) in [6, 6.07) is 4.67. The van der Waals surface area contributed by atoms with Crippen LogP contribution in [0.3, 0.4) is 0 Å². The third-order valence-electron chi connectivity index (χ3n) is 4.42. The van der Waals surface area contributed by atoms with Crippen molar-refractivity contribution in [1.29, 1.82) is 0 Å². The molecule has 0 N–H and O–H groups in total. The van der Waals surface area contributed by atoms with Crippen molar-refractivity contribution in [1.82, 2.24) is 0 Å². The number of thiophene rings is 1. The summed E-state index contributed by atoms with van der Waals surface area (Å²) in [5, 5.41) is 0. The van der Waals surface area contributed by atoms with Crippen molar-refractivity contribution in [3.63, 3.8) is 0 Å². The van der Waals surface area contributed by atoms with Crippen LogP contribution in [-0.4, -0.2) is 15.7 Å². The van der Waals surface area contributed by atoms with Gasteiger partial charge in [0.05, 0.1) is 0 Å². The Balaban J connectivity index is 0.00000242. The zero-order valence-corrected chi connectivity index (χ0v) is 22.0. The number of benzene rings is 1. The monoisotopic (exact) mass is 462 g/mol. The third kappa shape index (κ3) is 8.81. The molecule has 0 saturated heterocycles. The number of halogens is 2. The molecule has 0 fully saturated rings. The number of rotatable bonds is 6. The van der Waals surface area contributed by atoms with Crippen LogP contribution in [0.1, 0.15) is 61.0 Å². The van der Waals surface area contributed by atoms with Gasteiger partial charge in [0.25, 0.3) is 0 Å². The fraction of sp³-hybridized carbons (Fsp3) is 0.286. The lowest BCUT2D eigenvalue weighted by Gasteiger charge is -2.08. The van der Waals surface area contributed by atoms with Crippen LogP contribution >= 0.6 is 11.3 Å². The van der Waals surface area contributed by atoms with Gasteiger partial charge in [-0.25, -0.2) is 8.78 Å². The Morgan fingerprint density at radius 1 is 0.879 bits per heavy atom. The summed E-state index contributed by atoms with van der Waals surface area (Å²) in [5.74, 6) is -1.81. The molecule has 0 nitrogen and oxygen atoms in total. The standard InChI is InChI=1S/C24H22B2F2S.2C2H6/c1-6-17(15(4)8-7-14(2)3)10-9-16(5)18-11-12-19(23(28)22(18)27)21-13-20(25)24(26)29-21;2*1-2/h6-13H,1H2,2-5H3;2*1-2H3/b15-8+,16-9+,17-10+;;. The summed E-state index contributed by atoms with van der Waals surface area (Å²) in [6.07, 6.45) is 9.36. The van der Waals surface area contributed by atoms with E-state index in [0.717, 1.165) is 22.5 Å². The molecule has 1 heterocycles. The lowest BCUT2D eigenvalue weighted by Crippen LogP contribution is -2.18. The maximum Gasteiger partial charge on any atom is 0.168 e. The fourth-order valence-electron chi connectivity index (χ4n) is 2.65. The molecule has 2 rings (SSSR count). The van der Waals surface area contributed by atoms with E-state index in [-0.39, 0.29) is 11.1 Å². The van der Waals surface area contributed by atoms with E-state index in [0.29, 0.717) is 20.7 Å². The molecule has 0 atom stereocenters. The first-order chi connectivity index (χ1) is 15.6. The highest BCUT2D eigenvalue weighted by Crippen LogP contribution is 2.31. The van der Waals surface area contributed by atoms with E-state index < -0.39 is 11.6 Å². The summed E-state index contributed by atoms with van der Waals surface area (Å²) in [6.45, 7) is 19.6. The van der Waals surface area contributed by atoms with E-state index in [4.69, 9.17) is 15.7 Å². The first-order valence-electron chi connectivity index (χ1n) is 11.1. The highest BCUT2D eigenvalue weighted by atomic mass is 32.1. The van der Waals surface area contributed by atoms with Crippen LogP contribution < -0.4 is 10.2 Å². The molecule has 172 valence electrons. The average molecular weight is 462 g/mol. The molecule has 1 aromatic heterocycles. The minimum absolute atomic E-state index is 0.148. The molecule has 0 aliphatic carbocycles. The molecule has 0 spiro atoms. The number of hydrogen-bond acceptors (Lipinski definition) is 1. The van der Waals surface area contributed by atoms with E-state index in [1.54, 1.807) is 37.3 Å². The van der Waals surface area contributed by atoms with Crippen LogP contribution in [0.4, 0.5) is 8.78 Å². The van der Waals surface area contributed by atoms with Crippen LogP contribution in [-0.2, 0) is 0 Å². The van der Waals surface area contributed by atoms with E-state index in [9.17, 15) is 8.78 Å². The molecule has 1 aromatic carbocycles. The lowest BCUT2D eigenvalue weighted by molar-refractivity contribution is 0.509. The van der Waals surface area contributed by atoms with Gasteiger partial charge in [-0.2, -0.15) is 11.3 Å². The van der Waals surface area contributed by atoms with Crippen molar-refractivity contribution in [3.05, 3.63) is 89.1 Å². The van der Waals surface area contributed by atoms with Crippen molar-refractivity contribution in [2.24, 2.45) is 0 Å². The first-order valence-corrected chi connectivity index (χ1v) is 11.9. The molecule has 33 heavy (non-hydrogen) atoms. The average Bonchev–Trinajstić information content (AvgIpc) is 3.14. The third-order valence-corrected chi connectivity index (χ3v) is 5.43. The molecule has 0 bridgehead atoms. The largest absolute Gasteiger partial charge is 0.203 e. The van der Waals surface area contributed by atoms with Gasteiger partial charge in [-0.05, 0) is 50.5 Å². The van der Waals surface area contributed by atoms with E-state index >= 15 is 0 Å². The van der Waals surface area contributed by atoms with Crippen molar-refractivity contribution in [3.8, 4) is 10.4 Å². The second-order valence-electron chi connectivity index (χ2n) is 6.99. The van der Waals surface area contributed by atoms with E-state index in [2.05, 4.69) is 6.58 Å². The zero-order valence-electron chi connectivity index (χ0n) is 21.1. The normalized spacial score (nSPS) is 11.6. The van der Waals surface area contributed by atoms with Gasteiger partial charge in [0.2, 0.25) is 0 Å². The van der Waals surface area contributed by atoms with E-state index in [1.807, 2.05) is 66.7 Å². The van der Waals surface area contributed by atoms with Crippen LogP contribution in [0.25, 0.3) is 16.0 Å². The Hall–Kier alpha value is -2.39. The maximum absolute atomic E-state index is 14.7. The van der Waals surface area contributed by atoms with Gasteiger partial charge in [-0.15, -0.1) is 0 Å². The Morgan fingerprint density at radius 2 is 1.48 bits per heavy atom. The van der Waals surface area contributed by atoms with Crippen LogP contribution in [0.2, 0.25) is 0 Å². The van der Waals surface area contributed by atoms with Crippen LogP contribution in [0, 0.1) is 11.6 Å². The lowest BCUT2D eigenvalue weighted by atomic mass is 9.88.